The molecule has 4 aromatic heterocycles. The number of aliphatic hydroxyl groups excluding tert-OH is 1. The van der Waals surface area contributed by atoms with Crippen molar-refractivity contribution in [3.63, 3.8) is 0 Å². The summed E-state index contributed by atoms with van der Waals surface area (Å²) >= 11 is 0. The number of rotatable bonds is 6. The second kappa shape index (κ2) is 10.9. The molecule has 11 heteroatoms. The second-order valence-electron chi connectivity index (χ2n) is 10.6. The minimum atomic E-state index is -3.51. The molecule has 208 valence electrons. The lowest BCUT2D eigenvalue weighted by Crippen LogP contribution is -2.47. The molecule has 10 nitrogen and oxygen atoms in total. The summed E-state index contributed by atoms with van der Waals surface area (Å²) in [7, 11) is -3.51. The van der Waals surface area contributed by atoms with Crippen LogP contribution in [-0.4, -0.2) is 64.8 Å². The van der Waals surface area contributed by atoms with E-state index in [4.69, 9.17) is 9.97 Å². The van der Waals surface area contributed by atoms with Crippen LogP contribution in [-0.2, 0) is 16.4 Å². The molecule has 2 N–H and O–H groups in total. The standard InChI is InChI=1S/C29H32N6O4S/c1-17-15-35(16-18(2)28(17)36)27-7-5-6-23(34-27)24-9-8-20-12-31-22(11-25(20)33-24)14-32-29(37)21-10-26(40(4,38)39)19(3)30-13-21/h5-13,17-18,28,36H,14-16H2,1-4H3,(H,32,37)/t17-,18+,28?. The molecule has 1 saturated heterocycles. The number of aryl methyl sites for hydroxylation is 1. The van der Waals surface area contributed by atoms with Crippen molar-refractivity contribution in [2.24, 2.45) is 11.8 Å². The topological polar surface area (TPSA) is 138 Å². The Morgan fingerprint density at radius 1 is 1.02 bits per heavy atom. The summed E-state index contributed by atoms with van der Waals surface area (Å²) in [5.74, 6) is 0.718. The maximum absolute atomic E-state index is 12.7. The molecule has 0 aromatic carbocycles. The number of pyridine rings is 4. The molecule has 1 aliphatic rings. The van der Waals surface area contributed by atoms with Gasteiger partial charge in [0, 0.05) is 37.1 Å². The van der Waals surface area contributed by atoms with Crippen molar-refractivity contribution < 1.29 is 18.3 Å². The van der Waals surface area contributed by atoms with E-state index in [1.807, 2.05) is 36.4 Å². The van der Waals surface area contributed by atoms with Crippen LogP contribution in [0.1, 0.15) is 35.6 Å². The number of aromatic nitrogens is 4. The minimum Gasteiger partial charge on any atom is -0.392 e. The van der Waals surface area contributed by atoms with E-state index in [-0.39, 0.29) is 34.9 Å². The van der Waals surface area contributed by atoms with Gasteiger partial charge in [-0.1, -0.05) is 19.9 Å². The maximum Gasteiger partial charge on any atom is 0.253 e. The van der Waals surface area contributed by atoms with Crippen LogP contribution in [0.5, 0.6) is 0 Å². The zero-order valence-corrected chi connectivity index (χ0v) is 23.7. The van der Waals surface area contributed by atoms with Crippen LogP contribution in [0.3, 0.4) is 0 Å². The average molecular weight is 561 g/mol. The number of piperidine rings is 1. The molecule has 0 aliphatic carbocycles. The number of fused-ring (bicyclic) bond motifs is 1. The van der Waals surface area contributed by atoms with E-state index in [0.29, 0.717) is 22.6 Å². The minimum absolute atomic E-state index is 0.0280. The van der Waals surface area contributed by atoms with Crippen LogP contribution in [0.15, 0.2) is 59.8 Å². The summed E-state index contributed by atoms with van der Waals surface area (Å²) < 4.78 is 24.0. The van der Waals surface area contributed by atoms with Gasteiger partial charge in [-0.25, -0.2) is 18.4 Å². The van der Waals surface area contributed by atoms with Gasteiger partial charge in [-0.15, -0.1) is 0 Å². The Morgan fingerprint density at radius 3 is 2.48 bits per heavy atom. The average Bonchev–Trinajstić information content (AvgIpc) is 2.93. The molecule has 0 spiro atoms. The third-order valence-electron chi connectivity index (χ3n) is 7.27. The summed E-state index contributed by atoms with van der Waals surface area (Å²) in [5.41, 5.74) is 3.27. The Hall–Kier alpha value is -3.96. The first-order chi connectivity index (χ1) is 19.0. The highest BCUT2D eigenvalue weighted by Crippen LogP contribution is 2.28. The number of sulfone groups is 1. The number of carbonyl (C=O) groups excluding carboxylic acids is 1. The fraction of sp³-hybridized carbons (Fsp3) is 0.345. The van der Waals surface area contributed by atoms with Gasteiger partial charge in [0.15, 0.2) is 9.84 Å². The molecule has 3 atom stereocenters. The summed E-state index contributed by atoms with van der Waals surface area (Å²) in [5, 5.41) is 14.0. The Balaban J connectivity index is 1.34. The van der Waals surface area contributed by atoms with Crippen molar-refractivity contribution in [3.8, 4) is 11.4 Å². The van der Waals surface area contributed by atoms with Crippen molar-refractivity contribution in [3.05, 3.63) is 71.8 Å². The van der Waals surface area contributed by atoms with Crippen LogP contribution in [0, 0.1) is 18.8 Å². The molecule has 0 bridgehead atoms. The zero-order chi connectivity index (χ0) is 28.6. The van der Waals surface area contributed by atoms with E-state index in [9.17, 15) is 18.3 Å². The number of aliphatic hydroxyl groups is 1. The van der Waals surface area contributed by atoms with Gasteiger partial charge in [-0.05, 0) is 55.2 Å². The SMILES string of the molecule is Cc1ncc(C(=O)NCc2cc3nc(-c4cccc(N5C[C@@H](C)C(O)[C@@H](C)C5)n4)ccc3cn2)cc1S(C)(=O)=O. The van der Waals surface area contributed by atoms with Crippen LogP contribution in [0.4, 0.5) is 5.82 Å². The van der Waals surface area contributed by atoms with Crippen molar-refractivity contribution >= 4 is 32.5 Å². The first-order valence-corrected chi connectivity index (χ1v) is 15.0. The van der Waals surface area contributed by atoms with E-state index in [2.05, 4.69) is 34.0 Å². The highest BCUT2D eigenvalue weighted by Gasteiger charge is 2.31. The largest absolute Gasteiger partial charge is 0.392 e. The first kappa shape index (κ1) is 27.6. The van der Waals surface area contributed by atoms with Crippen LogP contribution < -0.4 is 10.2 Å². The van der Waals surface area contributed by atoms with Gasteiger partial charge >= 0.3 is 0 Å². The molecular formula is C29H32N6O4S. The van der Waals surface area contributed by atoms with Crippen molar-refractivity contribution in [1.82, 2.24) is 25.3 Å². The highest BCUT2D eigenvalue weighted by molar-refractivity contribution is 7.90. The molecule has 5 rings (SSSR count). The fourth-order valence-corrected chi connectivity index (χ4v) is 5.99. The molecule has 5 heterocycles. The lowest BCUT2D eigenvalue weighted by Gasteiger charge is -2.39. The smallest absolute Gasteiger partial charge is 0.253 e. The van der Waals surface area contributed by atoms with Gasteiger partial charge in [-0.2, -0.15) is 0 Å². The fourth-order valence-electron chi connectivity index (χ4n) is 5.06. The molecule has 1 amide bonds. The van der Waals surface area contributed by atoms with E-state index in [1.54, 1.807) is 13.1 Å². The molecule has 1 fully saturated rings. The van der Waals surface area contributed by atoms with E-state index < -0.39 is 15.7 Å². The van der Waals surface area contributed by atoms with Gasteiger partial charge in [-0.3, -0.25) is 14.8 Å². The van der Waals surface area contributed by atoms with Crippen LogP contribution in [0.25, 0.3) is 22.3 Å². The Morgan fingerprint density at radius 2 is 1.75 bits per heavy atom. The van der Waals surface area contributed by atoms with Crippen LogP contribution >= 0.6 is 0 Å². The molecule has 1 aliphatic heterocycles. The Bertz CT molecular complexity index is 1680. The van der Waals surface area contributed by atoms with Gasteiger partial charge in [0.1, 0.15) is 5.82 Å². The summed E-state index contributed by atoms with van der Waals surface area (Å²) in [6.07, 6.45) is 3.84. The number of hydrogen-bond donors (Lipinski definition) is 2. The quantitative estimate of drug-likeness (QED) is 0.364. The van der Waals surface area contributed by atoms with Gasteiger partial charge < -0.3 is 15.3 Å². The van der Waals surface area contributed by atoms with Gasteiger partial charge in [0.05, 0.1) is 51.4 Å². The summed E-state index contributed by atoms with van der Waals surface area (Å²) in [6, 6.07) is 12.9. The van der Waals surface area contributed by atoms with E-state index >= 15 is 0 Å². The highest BCUT2D eigenvalue weighted by atomic mass is 32.2. The molecule has 4 aromatic rings. The van der Waals surface area contributed by atoms with Gasteiger partial charge in [0.2, 0.25) is 0 Å². The summed E-state index contributed by atoms with van der Waals surface area (Å²) in [4.78, 5) is 33.1. The first-order valence-electron chi connectivity index (χ1n) is 13.1. The number of carbonyl (C=O) groups is 1. The molecule has 0 radical (unpaired) electrons. The summed E-state index contributed by atoms with van der Waals surface area (Å²) in [6.45, 7) is 7.31. The lowest BCUT2D eigenvalue weighted by molar-refractivity contribution is 0.0527. The normalized spacial score (nSPS) is 19.5. The van der Waals surface area contributed by atoms with E-state index in [1.165, 1.54) is 12.3 Å². The molecule has 1 unspecified atom stereocenters. The monoisotopic (exact) mass is 560 g/mol. The van der Waals surface area contributed by atoms with Crippen molar-refractivity contribution in [1.29, 1.82) is 0 Å². The predicted octanol–water partition coefficient (Wildman–Crippen LogP) is 3.18. The third kappa shape index (κ3) is 5.80. The predicted molar refractivity (Wildman–Crippen MR) is 153 cm³/mol. The maximum atomic E-state index is 12.7. The van der Waals surface area contributed by atoms with Gasteiger partial charge in [0.25, 0.3) is 5.91 Å². The Labute approximate surface area is 233 Å². The zero-order valence-electron chi connectivity index (χ0n) is 22.9. The van der Waals surface area contributed by atoms with Crippen LogP contribution in [0.2, 0.25) is 0 Å². The number of anilines is 1. The molecular weight excluding hydrogens is 528 g/mol. The number of amides is 1. The second-order valence-corrected chi connectivity index (χ2v) is 12.5. The lowest BCUT2D eigenvalue weighted by atomic mass is 9.88. The number of nitrogens with zero attached hydrogens (tertiary/aromatic N) is 5. The third-order valence-corrected chi connectivity index (χ3v) is 8.48. The number of nitrogens with one attached hydrogen (secondary N) is 1. The molecule has 0 saturated carbocycles. The molecule has 40 heavy (non-hydrogen) atoms. The number of hydrogen-bond acceptors (Lipinski definition) is 9. The van der Waals surface area contributed by atoms with E-state index in [0.717, 1.165) is 36.2 Å². The van der Waals surface area contributed by atoms with Crippen molar-refractivity contribution in [2.75, 3.05) is 24.2 Å². The Kier molecular flexibility index (Phi) is 7.52. The van der Waals surface area contributed by atoms with Crippen molar-refractivity contribution in [2.45, 2.75) is 38.3 Å².